The highest BCUT2D eigenvalue weighted by Crippen LogP contribution is 2.26. The van der Waals surface area contributed by atoms with Crippen molar-refractivity contribution in [3.8, 4) is 0 Å². The Labute approximate surface area is 82.9 Å². The molecule has 0 heterocycles. The SMILES string of the molecule is CC(Cl)c1ccccc1NCCF. The van der Waals surface area contributed by atoms with Gasteiger partial charge in [-0.15, -0.1) is 11.6 Å². The summed E-state index contributed by atoms with van der Waals surface area (Å²) < 4.78 is 11.9. The maximum Gasteiger partial charge on any atom is 0.107 e. The van der Waals surface area contributed by atoms with Gasteiger partial charge in [-0.1, -0.05) is 18.2 Å². The zero-order valence-electron chi connectivity index (χ0n) is 7.56. The molecule has 0 amide bonds. The van der Waals surface area contributed by atoms with E-state index in [0.29, 0.717) is 6.54 Å². The van der Waals surface area contributed by atoms with Gasteiger partial charge in [0.1, 0.15) is 6.67 Å². The molecule has 1 aromatic carbocycles. The highest BCUT2D eigenvalue weighted by atomic mass is 35.5. The average Bonchev–Trinajstić information content (AvgIpc) is 2.15. The third-order valence-corrected chi connectivity index (χ3v) is 2.03. The number of para-hydroxylation sites is 1. The summed E-state index contributed by atoms with van der Waals surface area (Å²) in [5.41, 5.74) is 1.93. The van der Waals surface area contributed by atoms with Crippen molar-refractivity contribution in [3.05, 3.63) is 29.8 Å². The van der Waals surface area contributed by atoms with E-state index in [1.807, 2.05) is 31.2 Å². The van der Waals surface area contributed by atoms with E-state index in [1.54, 1.807) is 0 Å². The van der Waals surface area contributed by atoms with Crippen LogP contribution in [0.4, 0.5) is 10.1 Å². The second-order valence-corrected chi connectivity index (χ2v) is 3.47. The minimum absolute atomic E-state index is 0.0525. The molecule has 0 saturated carbocycles. The second kappa shape index (κ2) is 5.07. The first-order valence-corrected chi connectivity index (χ1v) is 4.72. The second-order valence-electron chi connectivity index (χ2n) is 2.82. The van der Waals surface area contributed by atoms with Gasteiger partial charge in [-0.3, -0.25) is 0 Å². The van der Waals surface area contributed by atoms with E-state index in [4.69, 9.17) is 11.6 Å². The van der Waals surface area contributed by atoms with Crippen LogP contribution in [0.2, 0.25) is 0 Å². The van der Waals surface area contributed by atoms with Crippen LogP contribution in [0, 0.1) is 0 Å². The summed E-state index contributed by atoms with van der Waals surface area (Å²) >= 11 is 5.95. The molecule has 1 atom stereocenters. The van der Waals surface area contributed by atoms with Gasteiger partial charge in [-0.2, -0.15) is 0 Å². The van der Waals surface area contributed by atoms with Crippen molar-refractivity contribution >= 4 is 17.3 Å². The van der Waals surface area contributed by atoms with Crippen LogP contribution in [-0.4, -0.2) is 13.2 Å². The monoisotopic (exact) mass is 201 g/mol. The number of nitrogens with one attached hydrogen (secondary N) is 1. The minimum Gasteiger partial charge on any atom is -0.382 e. The minimum atomic E-state index is -0.370. The molecular formula is C10H13ClFN. The van der Waals surface area contributed by atoms with Crippen molar-refractivity contribution in [1.29, 1.82) is 0 Å². The Hall–Kier alpha value is -0.760. The predicted molar refractivity (Wildman–Crippen MR) is 55.2 cm³/mol. The lowest BCUT2D eigenvalue weighted by molar-refractivity contribution is 0.512. The van der Waals surface area contributed by atoms with Crippen molar-refractivity contribution in [2.75, 3.05) is 18.5 Å². The summed E-state index contributed by atoms with van der Waals surface area (Å²) in [7, 11) is 0. The predicted octanol–water partition coefficient (Wildman–Crippen LogP) is 3.37. The van der Waals surface area contributed by atoms with Gasteiger partial charge in [-0.05, 0) is 18.6 Å². The number of anilines is 1. The summed E-state index contributed by atoms with van der Waals surface area (Å²) in [4.78, 5) is 0. The average molecular weight is 202 g/mol. The van der Waals surface area contributed by atoms with Gasteiger partial charge in [-0.25, -0.2) is 4.39 Å². The van der Waals surface area contributed by atoms with Crippen LogP contribution in [-0.2, 0) is 0 Å². The highest BCUT2D eigenvalue weighted by Gasteiger charge is 2.05. The van der Waals surface area contributed by atoms with Crippen LogP contribution in [0.3, 0.4) is 0 Å². The molecule has 0 bridgehead atoms. The van der Waals surface area contributed by atoms with Gasteiger partial charge in [0.2, 0.25) is 0 Å². The Balaban J connectivity index is 2.78. The van der Waals surface area contributed by atoms with Gasteiger partial charge in [0.15, 0.2) is 0 Å². The van der Waals surface area contributed by atoms with Gasteiger partial charge in [0.05, 0.1) is 5.38 Å². The van der Waals surface area contributed by atoms with E-state index < -0.39 is 0 Å². The Kier molecular flexibility index (Phi) is 4.03. The third kappa shape index (κ3) is 2.88. The van der Waals surface area contributed by atoms with Crippen LogP contribution in [0.1, 0.15) is 17.9 Å². The molecule has 0 aromatic heterocycles. The molecule has 0 aliphatic carbocycles. The van der Waals surface area contributed by atoms with E-state index >= 15 is 0 Å². The van der Waals surface area contributed by atoms with Crippen LogP contribution in [0.15, 0.2) is 24.3 Å². The number of alkyl halides is 2. The Bertz CT molecular complexity index is 263. The topological polar surface area (TPSA) is 12.0 Å². The maximum atomic E-state index is 11.9. The molecule has 3 heteroatoms. The molecule has 1 rings (SSSR count). The molecule has 13 heavy (non-hydrogen) atoms. The summed E-state index contributed by atoms with van der Waals surface area (Å²) in [5.74, 6) is 0. The first-order chi connectivity index (χ1) is 6.25. The van der Waals surface area contributed by atoms with Crippen LogP contribution < -0.4 is 5.32 Å². The molecule has 0 fully saturated rings. The number of rotatable bonds is 4. The quantitative estimate of drug-likeness (QED) is 0.737. The fourth-order valence-electron chi connectivity index (χ4n) is 1.19. The molecule has 1 nitrogen and oxygen atoms in total. The van der Waals surface area contributed by atoms with E-state index in [2.05, 4.69) is 5.32 Å². The fourth-order valence-corrected chi connectivity index (χ4v) is 1.38. The van der Waals surface area contributed by atoms with Gasteiger partial charge < -0.3 is 5.32 Å². The number of hydrogen-bond acceptors (Lipinski definition) is 1. The maximum absolute atomic E-state index is 11.9. The van der Waals surface area contributed by atoms with E-state index in [1.165, 1.54) is 0 Å². The van der Waals surface area contributed by atoms with Crippen molar-refractivity contribution in [3.63, 3.8) is 0 Å². The van der Waals surface area contributed by atoms with E-state index in [0.717, 1.165) is 11.3 Å². The van der Waals surface area contributed by atoms with Crippen molar-refractivity contribution < 1.29 is 4.39 Å². The summed E-state index contributed by atoms with van der Waals surface area (Å²) in [6.07, 6.45) is 0. The molecule has 0 saturated heterocycles. The first kappa shape index (κ1) is 10.3. The molecule has 0 aliphatic rings. The zero-order valence-corrected chi connectivity index (χ0v) is 8.31. The normalized spacial score (nSPS) is 12.5. The van der Waals surface area contributed by atoms with Gasteiger partial charge in [0.25, 0.3) is 0 Å². The Morgan fingerprint density at radius 1 is 1.46 bits per heavy atom. The first-order valence-electron chi connectivity index (χ1n) is 4.28. The number of benzene rings is 1. The summed E-state index contributed by atoms with van der Waals surface area (Å²) in [6.45, 7) is 1.86. The molecule has 0 radical (unpaired) electrons. The fraction of sp³-hybridized carbons (Fsp3) is 0.400. The lowest BCUT2D eigenvalue weighted by Crippen LogP contribution is -2.05. The molecule has 1 N–H and O–H groups in total. The Morgan fingerprint density at radius 2 is 2.15 bits per heavy atom. The molecule has 0 aliphatic heterocycles. The standard InChI is InChI=1S/C10H13ClFN/c1-8(11)9-4-2-3-5-10(9)13-7-6-12/h2-5,8,13H,6-7H2,1H3. The van der Waals surface area contributed by atoms with Crippen LogP contribution in [0.5, 0.6) is 0 Å². The van der Waals surface area contributed by atoms with Crippen molar-refractivity contribution in [1.82, 2.24) is 0 Å². The Morgan fingerprint density at radius 3 is 2.77 bits per heavy atom. The third-order valence-electron chi connectivity index (χ3n) is 1.80. The zero-order chi connectivity index (χ0) is 9.68. The number of halogens is 2. The summed E-state index contributed by atoms with van der Waals surface area (Å²) in [6, 6.07) is 7.68. The van der Waals surface area contributed by atoms with Crippen LogP contribution >= 0.6 is 11.6 Å². The molecule has 1 unspecified atom stereocenters. The molecular weight excluding hydrogens is 189 g/mol. The van der Waals surface area contributed by atoms with E-state index in [9.17, 15) is 4.39 Å². The molecule has 0 spiro atoms. The largest absolute Gasteiger partial charge is 0.382 e. The molecule has 72 valence electrons. The van der Waals surface area contributed by atoms with Gasteiger partial charge in [0, 0.05) is 12.2 Å². The van der Waals surface area contributed by atoms with Crippen LogP contribution in [0.25, 0.3) is 0 Å². The number of hydrogen-bond donors (Lipinski definition) is 1. The summed E-state index contributed by atoms with van der Waals surface area (Å²) in [5, 5.41) is 2.93. The lowest BCUT2D eigenvalue weighted by atomic mass is 10.1. The smallest absolute Gasteiger partial charge is 0.107 e. The van der Waals surface area contributed by atoms with E-state index in [-0.39, 0.29) is 12.1 Å². The lowest BCUT2D eigenvalue weighted by Gasteiger charge is -2.11. The van der Waals surface area contributed by atoms with Gasteiger partial charge >= 0.3 is 0 Å². The van der Waals surface area contributed by atoms with Crippen molar-refractivity contribution in [2.24, 2.45) is 0 Å². The molecule has 1 aromatic rings. The van der Waals surface area contributed by atoms with Crippen molar-refractivity contribution in [2.45, 2.75) is 12.3 Å². The highest BCUT2D eigenvalue weighted by molar-refractivity contribution is 6.21.